The van der Waals surface area contributed by atoms with Gasteiger partial charge in [0, 0.05) is 25.4 Å². The molecule has 0 fully saturated rings. The molecule has 184 valence electrons. The summed E-state index contributed by atoms with van der Waals surface area (Å²) < 4.78 is 20.0. The summed E-state index contributed by atoms with van der Waals surface area (Å²) in [6.07, 6.45) is 1.64. The maximum absolute atomic E-state index is 14.0. The standard InChI is InChI=1S/C27H30FN3O3S/c1-17(2)9-11-29-27(33)24-16-35-25(30-24)15-34-22-8-7-19-10-12-31(18(3)32)26(23(19)14-22)20-5-4-6-21(28)13-20/h4-8,13-14,16-17,26H,9-12,15H2,1-3H3,(H,29,33). The van der Waals surface area contributed by atoms with Crippen molar-refractivity contribution >= 4 is 23.2 Å². The topological polar surface area (TPSA) is 71.5 Å². The minimum atomic E-state index is -0.378. The molecule has 0 saturated carbocycles. The van der Waals surface area contributed by atoms with Crippen LogP contribution in [-0.2, 0) is 17.8 Å². The van der Waals surface area contributed by atoms with Crippen LogP contribution in [0, 0.1) is 11.7 Å². The van der Waals surface area contributed by atoms with Gasteiger partial charge >= 0.3 is 0 Å². The third kappa shape index (κ3) is 6.06. The van der Waals surface area contributed by atoms with Gasteiger partial charge in [-0.1, -0.05) is 32.0 Å². The first-order valence-corrected chi connectivity index (χ1v) is 12.7. The van der Waals surface area contributed by atoms with E-state index in [2.05, 4.69) is 24.1 Å². The number of nitrogens with one attached hydrogen (secondary N) is 1. The smallest absolute Gasteiger partial charge is 0.270 e. The Morgan fingerprint density at radius 3 is 2.83 bits per heavy atom. The highest BCUT2D eigenvalue weighted by Crippen LogP contribution is 2.37. The van der Waals surface area contributed by atoms with E-state index in [0.29, 0.717) is 35.5 Å². The number of ether oxygens (including phenoxy) is 1. The van der Waals surface area contributed by atoms with Gasteiger partial charge in [-0.25, -0.2) is 9.37 Å². The molecule has 0 aliphatic carbocycles. The molecule has 0 spiro atoms. The highest BCUT2D eigenvalue weighted by Gasteiger charge is 2.31. The summed E-state index contributed by atoms with van der Waals surface area (Å²) in [4.78, 5) is 30.9. The van der Waals surface area contributed by atoms with Crippen molar-refractivity contribution < 1.29 is 18.7 Å². The van der Waals surface area contributed by atoms with Crippen molar-refractivity contribution in [2.45, 2.75) is 46.3 Å². The zero-order valence-corrected chi connectivity index (χ0v) is 21.0. The first kappa shape index (κ1) is 24.9. The summed E-state index contributed by atoms with van der Waals surface area (Å²) in [6, 6.07) is 11.8. The van der Waals surface area contributed by atoms with Crippen molar-refractivity contribution in [1.82, 2.24) is 15.2 Å². The summed E-state index contributed by atoms with van der Waals surface area (Å²) in [7, 11) is 0. The maximum atomic E-state index is 14.0. The van der Waals surface area contributed by atoms with Crippen LogP contribution >= 0.6 is 11.3 Å². The van der Waals surface area contributed by atoms with Crippen molar-refractivity contribution in [2.75, 3.05) is 13.1 Å². The number of hydrogen-bond donors (Lipinski definition) is 1. The number of thiazole rings is 1. The highest BCUT2D eigenvalue weighted by molar-refractivity contribution is 7.09. The number of carbonyl (C=O) groups is 2. The average Bonchev–Trinajstić information content (AvgIpc) is 3.30. The van der Waals surface area contributed by atoms with E-state index >= 15 is 0 Å². The largest absolute Gasteiger partial charge is 0.486 e. The summed E-state index contributed by atoms with van der Waals surface area (Å²) in [5.41, 5.74) is 3.16. The molecule has 2 heterocycles. The molecule has 2 aromatic carbocycles. The third-order valence-corrected chi connectivity index (χ3v) is 6.89. The lowest BCUT2D eigenvalue weighted by Gasteiger charge is -2.37. The van der Waals surface area contributed by atoms with Crippen molar-refractivity contribution in [3.8, 4) is 5.75 Å². The van der Waals surface area contributed by atoms with E-state index in [1.54, 1.807) is 16.3 Å². The molecule has 1 aromatic heterocycles. The number of rotatable bonds is 8. The number of fused-ring (bicyclic) bond motifs is 1. The van der Waals surface area contributed by atoms with E-state index in [0.717, 1.165) is 29.5 Å². The Morgan fingerprint density at radius 2 is 2.09 bits per heavy atom. The lowest BCUT2D eigenvalue weighted by Crippen LogP contribution is -2.39. The molecule has 1 N–H and O–H groups in total. The fraction of sp³-hybridized carbons (Fsp3) is 0.370. The molecule has 3 aromatic rings. The van der Waals surface area contributed by atoms with Gasteiger partial charge in [-0.15, -0.1) is 11.3 Å². The number of carbonyl (C=O) groups excluding carboxylic acids is 2. The van der Waals surface area contributed by atoms with Gasteiger partial charge in [0.05, 0.1) is 6.04 Å². The van der Waals surface area contributed by atoms with Crippen molar-refractivity contribution in [2.24, 2.45) is 5.92 Å². The van der Waals surface area contributed by atoms with Gasteiger partial charge < -0.3 is 15.0 Å². The quantitative estimate of drug-likeness (QED) is 0.470. The van der Waals surface area contributed by atoms with Crippen LogP contribution in [0.4, 0.5) is 4.39 Å². The zero-order chi connectivity index (χ0) is 24.9. The highest BCUT2D eigenvalue weighted by atomic mass is 32.1. The summed E-state index contributed by atoms with van der Waals surface area (Å²) >= 11 is 1.38. The molecule has 1 atom stereocenters. The number of aromatic nitrogens is 1. The first-order chi connectivity index (χ1) is 16.8. The van der Waals surface area contributed by atoms with Crippen LogP contribution in [0.25, 0.3) is 0 Å². The third-order valence-electron chi connectivity index (χ3n) is 6.07. The lowest BCUT2D eigenvalue weighted by atomic mass is 9.88. The fourth-order valence-corrected chi connectivity index (χ4v) is 4.94. The predicted molar refractivity (Wildman–Crippen MR) is 134 cm³/mol. The van der Waals surface area contributed by atoms with Gasteiger partial charge in [0.25, 0.3) is 5.91 Å². The van der Waals surface area contributed by atoms with Gasteiger partial charge in [0.15, 0.2) is 0 Å². The molecule has 4 rings (SSSR count). The van der Waals surface area contributed by atoms with E-state index in [-0.39, 0.29) is 30.3 Å². The monoisotopic (exact) mass is 495 g/mol. The van der Waals surface area contributed by atoms with Gasteiger partial charge in [0.1, 0.15) is 28.9 Å². The van der Waals surface area contributed by atoms with Crippen LogP contribution in [0.2, 0.25) is 0 Å². The lowest BCUT2D eigenvalue weighted by molar-refractivity contribution is -0.130. The van der Waals surface area contributed by atoms with E-state index in [1.807, 2.05) is 24.3 Å². The minimum absolute atomic E-state index is 0.0572. The molecule has 0 radical (unpaired) electrons. The van der Waals surface area contributed by atoms with Crippen LogP contribution in [0.5, 0.6) is 5.75 Å². The van der Waals surface area contributed by atoms with Crippen LogP contribution in [0.3, 0.4) is 0 Å². The first-order valence-electron chi connectivity index (χ1n) is 11.8. The predicted octanol–water partition coefficient (Wildman–Crippen LogP) is 5.13. The normalized spacial score (nSPS) is 15.1. The van der Waals surface area contributed by atoms with E-state index in [9.17, 15) is 14.0 Å². The molecular weight excluding hydrogens is 465 g/mol. The SMILES string of the molecule is CC(=O)N1CCc2ccc(OCc3nc(C(=O)NCCC(C)C)cs3)cc2C1c1cccc(F)c1. The Labute approximate surface area is 209 Å². The molecule has 0 bridgehead atoms. The maximum Gasteiger partial charge on any atom is 0.270 e. The van der Waals surface area contributed by atoms with Crippen LogP contribution < -0.4 is 10.1 Å². The van der Waals surface area contributed by atoms with Gasteiger partial charge in [-0.3, -0.25) is 9.59 Å². The van der Waals surface area contributed by atoms with Crippen LogP contribution in [0.15, 0.2) is 47.8 Å². The molecule has 1 aliphatic heterocycles. The molecule has 1 aliphatic rings. The number of benzene rings is 2. The average molecular weight is 496 g/mol. The summed E-state index contributed by atoms with van der Waals surface area (Å²) in [6.45, 7) is 7.19. The Kier molecular flexibility index (Phi) is 7.80. The van der Waals surface area contributed by atoms with E-state index in [4.69, 9.17) is 4.74 Å². The Bertz CT molecular complexity index is 1210. The van der Waals surface area contributed by atoms with Crippen molar-refractivity contribution in [3.05, 3.63) is 81.1 Å². The molecule has 35 heavy (non-hydrogen) atoms. The molecular formula is C27H30FN3O3S. The van der Waals surface area contributed by atoms with Crippen LogP contribution in [0.1, 0.15) is 65.4 Å². The van der Waals surface area contributed by atoms with E-state index in [1.165, 1.54) is 30.4 Å². The molecule has 0 saturated heterocycles. The number of amides is 2. The van der Waals surface area contributed by atoms with Crippen LogP contribution in [-0.4, -0.2) is 34.8 Å². The second-order valence-corrected chi connectivity index (χ2v) is 10.1. The van der Waals surface area contributed by atoms with Crippen molar-refractivity contribution in [3.63, 3.8) is 0 Å². The Hall–Kier alpha value is -3.26. The second-order valence-electron chi connectivity index (χ2n) is 9.13. The second kappa shape index (κ2) is 11.0. The molecule has 2 amide bonds. The fourth-order valence-electron chi connectivity index (χ4n) is 4.25. The zero-order valence-electron chi connectivity index (χ0n) is 20.2. The molecule has 6 nitrogen and oxygen atoms in total. The number of nitrogens with zero attached hydrogens (tertiary/aromatic N) is 2. The Balaban J connectivity index is 1.49. The molecule has 1 unspecified atom stereocenters. The number of hydrogen-bond acceptors (Lipinski definition) is 5. The van der Waals surface area contributed by atoms with Gasteiger partial charge in [0.2, 0.25) is 5.91 Å². The van der Waals surface area contributed by atoms with Crippen molar-refractivity contribution in [1.29, 1.82) is 0 Å². The van der Waals surface area contributed by atoms with Gasteiger partial charge in [-0.2, -0.15) is 0 Å². The van der Waals surface area contributed by atoms with Gasteiger partial charge in [-0.05, 0) is 59.7 Å². The number of halogens is 1. The van der Waals surface area contributed by atoms with E-state index < -0.39 is 0 Å². The molecule has 8 heteroatoms. The summed E-state index contributed by atoms with van der Waals surface area (Å²) in [5, 5.41) is 5.33. The Morgan fingerprint density at radius 1 is 1.26 bits per heavy atom. The minimum Gasteiger partial charge on any atom is -0.486 e. The summed E-state index contributed by atoms with van der Waals surface area (Å²) in [5.74, 6) is 0.587.